The summed E-state index contributed by atoms with van der Waals surface area (Å²) in [6, 6.07) is 28.4. The maximum absolute atomic E-state index is 12.8. The lowest BCUT2D eigenvalue weighted by molar-refractivity contribution is -0.122. The smallest absolute Gasteiger partial charge is 0.266 e. The van der Waals surface area contributed by atoms with E-state index in [1.54, 1.807) is 4.90 Å². The van der Waals surface area contributed by atoms with Gasteiger partial charge in [0.2, 0.25) is 0 Å². The van der Waals surface area contributed by atoms with E-state index in [1.165, 1.54) is 17.3 Å². The fraction of sp³-hybridized carbons (Fsp3) is 0.0435. The molecule has 0 spiro atoms. The minimum absolute atomic E-state index is 0.0269. The maximum Gasteiger partial charge on any atom is 0.266 e. The molecule has 27 heavy (non-hydrogen) atoms. The summed E-state index contributed by atoms with van der Waals surface area (Å²) in [7, 11) is 0. The van der Waals surface area contributed by atoms with Gasteiger partial charge < -0.3 is 0 Å². The number of benzene rings is 3. The van der Waals surface area contributed by atoms with Gasteiger partial charge in [0.1, 0.15) is 4.32 Å². The molecule has 0 bridgehead atoms. The fourth-order valence-corrected chi connectivity index (χ4v) is 4.21. The van der Waals surface area contributed by atoms with Gasteiger partial charge in [0.15, 0.2) is 0 Å². The zero-order valence-corrected chi connectivity index (χ0v) is 16.2. The number of hydrogen-bond acceptors (Lipinski definition) is 3. The number of thiocarbonyl (C=S) groups is 1. The Morgan fingerprint density at radius 3 is 2.07 bits per heavy atom. The molecule has 4 rings (SSSR count). The predicted molar refractivity (Wildman–Crippen MR) is 117 cm³/mol. The highest BCUT2D eigenvalue weighted by molar-refractivity contribution is 8.26. The molecule has 0 unspecified atom stereocenters. The fourth-order valence-electron chi connectivity index (χ4n) is 2.96. The van der Waals surface area contributed by atoms with Crippen LogP contribution >= 0.6 is 24.0 Å². The van der Waals surface area contributed by atoms with Gasteiger partial charge in [-0.15, -0.1) is 0 Å². The van der Waals surface area contributed by atoms with E-state index >= 15 is 0 Å². The zero-order valence-electron chi connectivity index (χ0n) is 14.5. The molecule has 0 atom stereocenters. The Labute approximate surface area is 168 Å². The van der Waals surface area contributed by atoms with Crippen molar-refractivity contribution in [3.63, 3.8) is 0 Å². The Kier molecular flexibility index (Phi) is 5.19. The topological polar surface area (TPSA) is 20.3 Å². The minimum Gasteiger partial charge on any atom is -0.288 e. The van der Waals surface area contributed by atoms with Gasteiger partial charge in [0.25, 0.3) is 5.91 Å². The Morgan fingerprint density at radius 1 is 0.815 bits per heavy atom. The van der Waals surface area contributed by atoms with E-state index in [-0.39, 0.29) is 5.91 Å². The standard InChI is InChI=1S/C23H17NOS2/c25-22-21(27-23(26)24(22)16-18-7-3-1-4-8-18)15-17-11-13-20(14-12-17)19-9-5-2-6-10-19/h1-15H,16H2/b21-15+. The van der Waals surface area contributed by atoms with Gasteiger partial charge in [-0.1, -0.05) is 109 Å². The molecule has 2 nitrogen and oxygen atoms in total. The van der Waals surface area contributed by atoms with Crippen LogP contribution in [-0.4, -0.2) is 15.1 Å². The first-order valence-corrected chi connectivity index (χ1v) is 9.88. The van der Waals surface area contributed by atoms with Crippen molar-refractivity contribution in [3.8, 4) is 11.1 Å². The van der Waals surface area contributed by atoms with Crippen LogP contribution < -0.4 is 0 Å². The summed E-state index contributed by atoms with van der Waals surface area (Å²) in [5.41, 5.74) is 4.40. The molecule has 1 amide bonds. The maximum atomic E-state index is 12.8. The molecule has 1 aliphatic rings. The molecule has 4 heteroatoms. The van der Waals surface area contributed by atoms with Crippen molar-refractivity contribution in [2.75, 3.05) is 0 Å². The summed E-state index contributed by atoms with van der Waals surface area (Å²) in [4.78, 5) is 15.1. The van der Waals surface area contributed by atoms with E-state index in [0.717, 1.165) is 16.7 Å². The average molecular weight is 388 g/mol. The molecular weight excluding hydrogens is 370 g/mol. The van der Waals surface area contributed by atoms with Crippen molar-refractivity contribution in [2.45, 2.75) is 6.54 Å². The number of amides is 1. The highest BCUT2D eigenvalue weighted by Gasteiger charge is 2.31. The van der Waals surface area contributed by atoms with Crippen LogP contribution in [0.25, 0.3) is 17.2 Å². The molecule has 132 valence electrons. The Morgan fingerprint density at radius 2 is 1.41 bits per heavy atom. The van der Waals surface area contributed by atoms with E-state index in [1.807, 2.05) is 66.7 Å². The SMILES string of the molecule is O=C1/C(=C\c2ccc(-c3ccccc3)cc2)SC(=S)N1Cc1ccccc1. The Balaban J connectivity index is 1.52. The molecule has 1 heterocycles. The Hall–Kier alpha value is -2.69. The molecule has 3 aromatic rings. The van der Waals surface area contributed by atoms with Gasteiger partial charge in [0, 0.05) is 0 Å². The lowest BCUT2D eigenvalue weighted by atomic mass is 10.0. The first kappa shape index (κ1) is 17.7. The molecular formula is C23H17NOS2. The molecule has 1 saturated heterocycles. The third-order valence-corrected chi connectivity index (χ3v) is 5.75. The van der Waals surface area contributed by atoms with Gasteiger partial charge in [-0.25, -0.2) is 0 Å². The highest BCUT2D eigenvalue weighted by Crippen LogP contribution is 2.33. The largest absolute Gasteiger partial charge is 0.288 e. The normalized spacial score (nSPS) is 15.6. The zero-order chi connectivity index (χ0) is 18.6. The van der Waals surface area contributed by atoms with Crippen molar-refractivity contribution < 1.29 is 4.79 Å². The third-order valence-electron chi connectivity index (χ3n) is 4.37. The summed E-state index contributed by atoms with van der Waals surface area (Å²) in [6.07, 6.45) is 1.92. The summed E-state index contributed by atoms with van der Waals surface area (Å²) < 4.78 is 0.607. The van der Waals surface area contributed by atoms with Gasteiger partial charge >= 0.3 is 0 Å². The minimum atomic E-state index is -0.0269. The third kappa shape index (κ3) is 4.02. The van der Waals surface area contributed by atoms with Crippen molar-refractivity contribution in [1.82, 2.24) is 4.90 Å². The van der Waals surface area contributed by atoms with Gasteiger partial charge in [0.05, 0.1) is 11.4 Å². The molecule has 0 aliphatic carbocycles. The molecule has 3 aromatic carbocycles. The Bertz CT molecular complexity index is 996. The van der Waals surface area contributed by atoms with E-state index < -0.39 is 0 Å². The van der Waals surface area contributed by atoms with Crippen LogP contribution in [0, 0.1) is 0 Å². The average Bonchev–Trinajstić information content (AvgIpc) is 2.97. The van der Waals surface area contributed by atoms with Crippen LogP contribution in [0.3, 0.4) is 0 Å². The van der Waals surface area contributed by atoms with E-state index in [9.17, 15) is 4.79 Å². The van der Waals surface area contributed by atoms with Crippen molar-refractivity contribution in [3.05, 3.63) is 101 Å². The van der Waals surface area contributed by atoms with Gasteiger partial charge in [-0.2, -0.15) is 0 Å². The van der Waals surface area contributed by atoms with Gasteiger partial charge in [-0.05, 0) is 28.3 Å². The number of rotatable bonds is 4. The molecule has 0 radical (unpaired) electrons. The molecule has 1 aliphatic heterocycles. The number of thioether (sulfide) groups is 1. The second-order valence-corrected chi connectivity index (χ2v) is 7.92. The van der Waals surface area contributed by atoms with E-state index in [0.29, 0.717) is 15.8 Å². The van der Waals surface area contributed by atoms with Crippen LogP contribution in [0.1, 0.15) is 11.1 Å². The van der Waals surface area contributed by atoms with Crippen LogP contribution in [0.2, 0.25) is 0 Å². The summed E-state index contributed by atoms with van der Waals surface area (Å²) in [5, 5.41) is 0. The van der Waals surface area contributed by atoms with Crippen LogP contribution in [0.5, 0.6) is 0 Å². The second kappa shape index (κ2) is 7.91. The van der Waals surface area contributed by atoms with Crippen molar-refractivity contribution in [2.24, 2.45) is 0 Å². The van der Waals surface area contributed by atoms with Crippen molar-refractivity contribution >= 4 is 40.3 Å². The number of carbonyl (C=O) groups excluding carboxylic acids is 1. The molecule has 1 fully saturated rings. The molecule has 0 saturated carbocycles. The first-order chi connectivity index (χ1) is 13.2. The summed E-state index contributed by atoms with van der Waals surface area (Å²) >= 11 is 6.79. The highest BCUT2D eigenvalue weighted by atomic mass is 32.2. The summed E-state index contributed by atoms with van der Waals surface area (Å²) in [6.45, 7) is 0.510. The second-order valence-electron chi connectivity index (χ2n) is 6.24. The van der Waals surface area contributed by atoms with Crippen molar-refractivity contribution in [1.29, 1.82) is 0 Å². The molecule has 0 aromatic heterocycles. The van der Waals surface area contributed by atoms with Gasteiger partial charge in [-0.3, -0.25) is 9.69 Å². The lowest BCUT2D eigenvalue weighted by Gasteiger charge is -2.14. The van der Waals surface area contributed by atoms with Crippen LogP contribution in [0.4, 0.5) is 0 Å². The monoisotopic (exact) mass is 387 g/mol. The summed E-state index contributed by atoms with van der Waals surface area (Å²) in [5.74, 6) is -0.0269. The van der Waals surface area contributed by atoms with E-state index in [2.05, 4.69) is 24.3 Å². The lowest BCUT2D eigenvalue weighted by Crippen LogP contribution is -2.27. The quantitative estimate of drug-likeness (QED) is 0.420. The predicted octanol–water partition coefficient (Wildman–Crippen LogP) is 5.76. The molecule has 0 N–H and O–H groups in total. The van der Waals surface area contributed by atoms with E-state index in [4.69, 9.17) is 12.2 Å². The van der Waals surface area contributed by atoms with Crippen LogP contribution in [-0.2, 0) is 11.3 Å². The first-order valence-electron chi connectivity index (χ1n) is 8.65. The van der Waals surface area contributed by atoms with Crippen LogP contribution in [0.15, 0.2) is 89.8 Å². The number of nitrogens with zero attached hydrogens (tertiary/aromatic N) is 1. The number of carbonyl (C=O) groups is 1. The number of hydrogen-bond donors (Lipinski definition) is 0.